The quantitative estimate of drug-likeness (QED) is 0.745. The van der Waals surface area contributed by atoms with Crippen LogP contribution in [0.15, 0.2) is 54.6 Å². The predicted octanol–water partition coefficient (Wildman–Crippen LogP) is 3.31. The lowest BCUT2D eigenvalue weighted by molar-refractivity contribution is 0.0697. The number of aromatic carboxylic acids is 1. The van der Waals surface area contributed by atoms with Crippen LogP contribution in [0.2, 0.25) is 0 Å². The minimum atomic E-state index is -1.02. The van der Waals surface area contributed by atoms with Gasteiger partial charge in [0.25, 0.3) is 0 Å². The van der Waals surface area contributed by atoms with Crippen molar-refractivity contribution in [1.82, 2.24) is 4.98 Å². The van der Waals surface area contributed by atoms with E-state index in [-0.39, 0.29) is 11.4 Å². The molecule has 0 saturated heterocycles. The van der Waals surface area contributed by atoms with Crippen LogP contribution in [0.5, 0.6) is 5.88 Å². The topological polar surface area (TPSA) is 70.4 Å². The van der Waals surface area contributed by atoms with Gasteiger partial charge in [-0.1, -0.05) is 42.5 Å². The molecule has 0 atom stereocenters. The molecule has 0 saturated carbocycles. The molecule has 0 fully saturated rings. The number of benzene rings is 2. The van der Waals surface area contributed by atoms with Crippen molar-refractivity contribution in [3.63, 3.8) is 0 Å². The molecule has 0 aliphatic heterocycles. The number of aromatic hydroxyl groups is 1. The van der Waals surface area contributed by atoms with Crippen LogP contribution in [-0.2, 0) is 0 Å². The smallest absolute Gasteiger partial charge is 0.336 e. The molecule has 0 bridgehead atoms. The van der Waals surface area contributed by atoms with E-state index < -0.39 is 5.97 Å². The first-order valence-corrected chi connectivity index (χ1v) is 6.08. The van der Waals surface area contributed by atoms with Crippen LogP contribution in [0, 0.1) is 0 Å². The minimum absolute atomic E-state index is 0.126. The molecule has 0 radical (unpaired) electrons. The molecule has 98 valence electrons. The maximum Gasteiger partial charge on any atom is 0.336 e. The normalized spacial score (nSPS) is 10.6. The van der Waals surface area contributed by atoms with E-state index in [4.69, 9.17) is 0 Å². The molecule has 1 aromatic heterocycles. The zero-order chi connectivity index (χ0) is 14.1. The number of rotatable bonds is 2. The number of carboxylic acids is 1. The summed E-state index contributed by atoms with van der Waals surface area (Å²) in [4.78, 5) is 15.4. The average molecular weight is 265 g/mol. The zero-order valence-corrected chi connectivity index (χ0v) is 10.4. The van der Waals surface area contributed by atoms with Crippen LogP contribution >= 0.6 is 0 Å². The van der Waals surface area contributed by atoms with Crippen LogP contribution in [0.1, 0.15) is 10.4 Å². The van der Waals surface area contributed by atoms with E-state index in [1.54, 1.807) is 24.3 Å². The Morgan fingerprint density at radius 3 is 2.50 bits per heavy atom. The van der Waals surface area contributed by atoms with Gasteiger partial charge in [-0.3, -0.25) is 0 Å². The summed E-state index contributed by atoms with van der Waals surface area (Å²) >= 11 is 0. The number of hydrogen-bond donors (Lipinski definition) is 2. The van der Waals surface area contributed by atoms with Gasteiger partial charge in [0, 0.05) is 17.0 Å². The molecular formula is C16H11NO3. The summed E-state index contributed by atoms with van der Waals surface area (Å²) in [6.07, 6.45) is 0. The van der Waals surface area contributed by atoms with Gasteiger partial charge in [-0.05, 0) is 11.5 Å². The number of hydrogen-bond acceptors (Lipinski definition) is 3. The molecule has 3 rings (SSSR count). The number of aromatic nitrogens is 1. The summed E-state index contributed by atoms with van der Waals surface area (Å²) in [6, 6.07) is 15.6. The molecular weight excluding hydrogens is 254 g/mol. The summed E-state index contributed by atoms with van der Waals surface area (Å²) in [5.41, 5.74) is 1.13. The highest BCUT2D eigenvalue weighted by atomic mass is 16.4. The Balaban J connectivity index is 2.38. The third-order valence-corrected chi connectivity index (χ3v) is 3.14. The highest BCUT2D eigenvalue weighted by molar-refractivity contribution is 6.02. The second kappa shape index (κ2) is 4.66. The molecule has 4 nitrogen and oxygen atoms in total. The summed E-state index contributed by atoms with van der Waals surface area (Å²) < 4.78 is 0. The van der Waals surface area contributed by atoms with Gasteiger partial charge < -0.3 is 10.2 Å². The monoisotopic (exact) mass is 265 g/mol. The molecule has 0 amide bonds. The van der Waals surface area contributed by atoms with E-state index in [9.17, 15) is 15.0 Å². The largest absolute Gasteiger partial charge is 0.493 e. The van der Waals surface area contributed by atoms with Crippen molar-refractivity contribution < 1.29 is 15.0 Å². The van der Waals surface area contributed by atoms with Crippen molar-refractivity contribution in [1.29, 1.82) is 0 Å². The molecule has 0 spiro atoms. The van der Waals surface area contributed by atoms with Crippen LogP contribution in [-0.4, -0.2) is 21.2 Å². The fourth-order valence-electron chi connectivity index (χ4n) is 2.27. The van der Waals surface area contributed by atoms with Crippen LogP contribution in [0.25, 0.3) is 22.0 Å². The van der Waals surface area contributed by atoms with Crippen LogP contribution in [0.3, 0.4) is 0 Å². The highest BCUT2D eigenvalue weighted by Gasteiger charge is 2.15. The Morgan fingerprint density at radius 1 is 1.00 bits per heavy atom. The van der Waals surface area contributed by atoms with Crippen molar-refractivity contribution in [3.8, 4) is 17.1 Å². The number of pyridine rings is 1. The first-order chi connectivity index (χ1) is 9.66. The number of carbonyl (C=O) groups is 1. The molecule has 0 aliphatic rings. The second-order valence-corrected chi connectivity index (χ2v) is 4.40. The summed E-state index contributed by atoms with van der Waals surface area (Å²) in [5.74, 6) is -1.14. The van der Waals surface area contributed by atoms with Gasteiger partial charge in [0.1, 0.15) is 0 Å². The molecule has 0 aliphatic carbocycles. The summed E-state index contributed by atoms with van der Waals surface area (Å²) in [5, 5.41) is 20.6. The van der Waals surface area contributed by atoms with E-state index in [2.05, 4.69) is 4.98 Å². The van der Waals surface area contributed by atoms with E-state index in [1.165, 1.54) is 6.07 Å². The second-order valence-electron chi connectivity index (χ2n) is 4.40. The Morgan fingerprint density at radius 2 is 1.70 bits per heavy atom. The Hall–Kier alpha value is -2.88. The average Bonchev–Trinajstić information content (AvgIpc) is 2.46. The van der Waals surface area contributed by atoms with Crippen molar-refractivity contribution >= 4 is 16.7 Å². The predicted molar refractivity (Wildman–Crippen MR) is 75.8 cm³/mol. The van der Waals surface area contributed by atoms with Crippen molar-refractivity contribution in [3.05, 3.63) is 60.2 Å². The fourth-order valence-corrected chi connectivity index (χ4v) is 2.27. The zero-order valence-electron chi connectivity index (χ0n) is 10.4. The molecule has 0 unspecified atom stereocenters. The van der Waals surface area contributed by atoms with E-state index in [0.29, 0.717) is 11.3 Å². The molecule has 20 heavy (non-hydrogen) atoms. The lowest BCUT2D eigenvalue weighted by Gasteiger charge is -2.09. The van der Waals surface area contributed by atoms with Crippen LogP contribution in [0.4, 0.5) is 0 Å². The standard InChI is InChI=1S/C16H11NO3/c18-14-9-10-5-1-2-6-11(10)15(17-14)12-7-3-4-8-13(12)16(19)20/h1-9H,(H,17,18)(H,19,20). The SMILES string of the molecule is O=C(O)c1ccccc1-c1nc(O)cc2ccccc12. The lowest BCUT2D eigenvalue weighted by atomic mass is 9.99. The maximum absolute atomic E-state index is 11.3. The molecule has 3 aromatic rings. The number of fused-ring (bicyclic) bond motifs is 1. The van der Waals surface area contributed by atoms with Crippen molar-refractivity contribution in [2.24, 2.45) is 0 Å². The third-order valence-electron chi connectivity index (χ3n) is 3.14. The van der Waals surface area contributed by atoms with Crippen molar-refractivity contribution in [2.45, 2.75) is 0 Å². The number of carboxylic acid groups (broad SMARTS) is 1. The number of nitrogens with zero attached hydrogens (tertiary/aromatic N) is 1. The van der Waals surface area contributed by atoms with Gasteiger partial charge in [0.05, 0.1) is 11.3 Å². The van der Waals surface area contributed by atoms with Gasteiger partial charge in [0.2, 0.25) is 5.88 Å². The maximum atomic E-state index is 11.3. The van der Waals surface area contributed by atoms with Crippen LogP contribution < -0.4 is 0 Å². The molecule has 1 heterocycles. The van der Waals surface area contributed by atoms with Gasteiger partial charge in [0.15, 0.2) is 0 Å². The molecule has 2 aromatic carbocycles. The first-order valence-electron chi connectivity index (χ1n) is 6.08. The van der Waals surface area contributed by atoms with Gasteiger partial charge in [-0.25, -0.2) is 9.78 Å². The Labute approximate surface area is 115 Å². The van der Waals surface area contributed by atoms with Gasteiger partial charge >= 0.3 is 5.97 Å². The lowest BCUT2D eigenvalue weighted by Crippen LogP contribution is -2.00. The van der Waals surface area contributed by atoms with E-state index >= 15 is 0 Å². The van der Waals surface area contributed by atoms with E-state index in [0.717, 1.165) is 10.8 Å². The Bertz CT molecular complexity index is 812. The fraction of sp³-hybridized carbons (Fsp3) is 0. The third kappa shape index (κ3) is 1.97. The summed E-state index contributed by atoms with van der Waals surface area (Å²) in [7, 11) is 0. The van der Waals surface area contributed by atoms with Gasteiger partial charge in [-0.15, -0.1) is 0 Å². The summed E-state index contributed by atoms with van der Waals surface area (Å²) in [6.45, 7) is 0. The Kier molecular flexibility index (Phi) is 2.84. The first kappa shape index (κ1) is 12.2. The highest BCUT2D eigenvalue weighted by Crippen LogP contribution is 2.31. The van der Waals surface area contributed by atoms with E-state index in [1.807, 2.05) is 24.3 Å². The minimum Gasteiger partial charge on any atom is -0.493 e. The molecule has 2 N–H and O–H groups in total. The van der Waals surface area contributed by atoms with Crippen molar-refractivity contribution in [2.75, 3.05) is 0 Å². The van der Waals surface area contributed by atoms with Gasteiger partial charge in [-0.2, -0.15) is 0 Å². The molecule has 4 heteroatoms.